The Balaban J connectivity index is 1.52. The lowest BCUT2D eigenvalue weighted by Crippen LogP contribution is -2.37. The summed E-state index contributed by atoms with van der Waals surface area (Å²) in [4.78, 5) is 33.2. The van der Waals surface area contributed by atoms with Gasteiger partial charge in [0.1, 0.15) is 0 Å². The number of amides is 1. The molecule has 8 heteroatoms. The fourth-order valence-electron chi connectivity index (χ4n) is 3.89. The second kappa shape index (κ2) is 11.0. The summed E-state index contributed by atoms with van der Waals surface area (Å²) in [5.74, 6) is -0.118. The highest BCUT2D eigenvalue weighted by Crippen LogP contribution is 2.24. The van der Waals surface area contributed by atoms with Crippen LogP contribution in [0.25, 0.3) is 10.9 Å². The lowest BCUT2D eigenvalue weighted by atomic mass is 10.2. The van der Waals surface area contributed by atoms with Gasteiger partial charge in [-0.2, -0.15) is 0 Å². The van der Waals surface area contributed by atoms with Crippen molar-refractivity contribution in [3.8, 4) is 0 Å². The van der Waals surface area contributed by atoms with Crippen molar-refractivity contribution in [1.82, 2.24) is 14.5 Å². The van der Waals surface area contributed by atoms with Crippen molar-refractivity contribution in [3.63, 3.8) is 0 Å². The number of carbonyl (C=O) groups is 1. The van der Waals surface area contributed by atoms with Crippen LogP contribution >= 0.6 is 11.8 Å². The van der Waals surface area contributed by atoms with Gasteiger partial charge in [0, 0.05) is 31.9 Å². The van der Waals surface area contributed by atoms with Gasteiger partial charge >= 0.3 is 0 Å². The number of aromatic nitrogens is 2. The minimum absolute atomic E-state index is 0.0589. The third-order valence-corrected chi connectivity index (χ3v) is 6.81. The zero-order valence-electron chi connectivity index (χ0n) is 19.1. The molecule has 0 saturated carbocycles. The van der Waals surface area contributed by atoms with E-state index in [2.05, 4.69) is 10.2 Å². The molecule has 0 aliphatic carbocycles. The number of benzene rings is 2. The molecular formula is C25H30N4O3S. The molecule has 2 heterocycles. The average Bonchev–Trinajstić information content (AvgIpc) is 2.81. The topological polar surface area (TPSA) is 76.5 Å². The number of rotatable bonds is 8. The first-order valence-electron chi connectivity index (χ1n) is 11.3. The smallest absolute Gasteiger partial charge is 0.262 e. The summed E-state index contributed by atoms with van der Waals surface area (Å²) in [6.07, 6.45) is 0.831. The number of anilines is 1. The molecule has 1 amide bonds. The molecule has 2 aromatic carbocycles. The molecule has 7 nitrogen and oxygen atoms in total. The summed E-state index contributed by atoms with van der Waals surface area (Å²) in [6.45, 7) is 8.64. The lowest BCUT2D eigenvalue weighted by Gasteiger charge is -2.26. The first-order valence-corrected chi connectivity index (χ1v) is 12.2. The van der Waals surface area contributed by atoms with Crippen LogP contribution in [0.15, 0.2) is 58.5 Å². The Bertz CT molecular complexity index is 1170. The number of hydrogen-bond acceptors (Lipinski definition) is 6. The zero-order valence-corrected chi connectivity index (χ0v) is 19.9. The second-order valence-corrected chi connectivity index (χ2v) is 9.60. The van der Waals surface area contributed by atoms with Crippen LogP contribution in [0.5, 0.6) is 0 Å². The summed E-state index contributed by atoms with van der Waals surface area (Å²) < 4.78 is 7.14. The molecule has 0 radical (unpaired) electrons. The maximum absolute atomic E-state index is 13.3. The fraction of sp³-hybridized carbons (Fsp3) is 0.400. The monoisotopic (exact) mass is 466 g/mol. The Morgan fingerprint density at radius 1 is 1.15 bits per heavy atom. The molecule has 1 atom stereocenters. The number of fused-ring (bicyclic) bond motifs is 1. The van der Waals surface area contributed by atoms with Crippen molar-refractivity contribution in [2.75, 3.05) is 38.2 Å². The Morgan fingerprint density at radius 2 is 1.94 bits per heavy atom. The maximum atomic E-state index is 13.3. The van der Waals surface area contributed by atoms with Gasteiger partial charge in [-0.1, -0.05) is 36.0 Å². The van der Waals surface area contributed by atoms with Crippen molar-refractivity contribution in [2.24, 2.45) is 0 Å². The van der Waals surface area contributed by atoms with Crippen LogP contribution in [0.4, 0.5) is 5.69 Å². The molecule has 4 rings (SSSR count). The van der Waals surface area contributed by atoms with E-state index in [-0.39, 0.29) is 11.5 Å². The maximum Gasteiger partial charge on any atom is 0.262 e. The van der Waals surface area contributed by atoms with Crippen LogP contribution in [-0.4, -0.2) is 58.5 Å². The second-order valence-electron chi connectivity index (χ2n) is 8.29. The predicted octanol–water partition coefficient (Wildman–Crippen LogP) is 3.55. The molecule has 1 saturated heterocycles. The zero-order chi connectivity index (χ0) is 23.2. The van der Waals surface area contributed by atoms with Crippen LogP contribution in [0.1, 0.15) is 18.9 Å². The molecule has 0 unspecified atom stereocenters. The predicted molar refractivity (Wildman–Crippen MR) is 133 cm³/mol. The van der Waals surface area contributed by atoms with Gasteiger partial charge in [0.25, 0.3) is 5.56 Å². The highest BCUT2D eigenvalue weighted by molar-refractivity contribution is 8.00. The van der Waals surface area contributed by atoms with Gasteiger partial charge in [-0.3, -0.25) is 19.1 Å². The molecule has 1 N–H and O–H groups in total. The number of nitrogens with zero attached hydrogens (tertiary/aromatic N) is 3. The number of carbonyl (C=O) groups excluding carboxylic acids is 1. The SMILES string of the molecule is Cc1cccc(NC(=O)[C@H](C)Sc2nc3ccccc3c(=O)n2CCCN2CCOCC2)c1. The van der Waals surface area contributed by atoms with Gasteiger partial charge in [0.2, 0.25) is 5.91 Å². The molecule has 1 aliphatic heterocycles. The van der Waals surface area contributed by atoms with E-state index >= 15 is 0 Å². The molecule has 1 aromatic heterocycles. The molecule has 174 valence electrons. The van der Waals surface area contributed by atoms with Crippen LogP contribution in [0, 0.1) is 6.92 Å². The Hall–Kier alpha value is -2.68. The average molecular weight is 467 g/mol. The van der Waals surface area contributed by atoms with Crippen molar-refractivity contribution < 1.29 is 9.53 Å². The molecule has 33 heavy (non-hydrogen) atoms. The van der Waals surface area contributed by atoms with Crippen LogP contribution in [0.2, 0.25) is 0 Å². The van der Waals surface area contributed by atoms with Crippen molar-refractivity contribution >= 4 is 34.3 Å². The number of aryl methyl sites for hydroxylation is 1. The van der Waals surface area contributed by atoms with Gasteiger partial charge in [0.05, 0.1) is 29.4 Å². The number of ether oxygens (including phenoxy) is 1. The fourth-order valence-corrected chi connectivity index (χ4v) is 4.83. The summed E-state index contributed by atoms with van der Waals surface area (Å²) >= 11 is 1.32. The van der Waals surface area contributed by atoms with E-state index in [9.17, 15) is 9.59 Å². The Labute approximate surface area is 198 Å². The molecule has 0 spiro atoms. The van der Waals surface area contributed by atoms with Crippen molar-refractivity contribution in [3.05, 3.63) is 64.4 Å². The standard InChI is InChI=1S/C25H30N4O3S/c1-18-7-5-8-20(17-18)26-23(30)19(2)33-25-27-22-10-4-3-9-21(22)24(31)29(25)12-6-11-28-13-15-32-16-14-28/h3-5,7-10,17,19H,6,11-16H2,1-2H3,(H,26,30)/t19-/m0/s1. The highest BCUT2D eigenvalue weighted by atomic mass is 32.2. The van der Waals surface area contributed by atoms with Crippen LogP contribution in [0.3, 0.4) is 0 Å². The molecule has 0 bridgehead atoms. The molecule has 1 fully saturated rings. The lowest BCUT2D eigenvalue weighted by molar-refractivity contribution is -0.115. The Morgan fingerprint density at radius 3 is 2.73 bits per heavy atom. The first-order chi connectivity index (χ1) is 16.0. The Kier molecular flexibility index (Phi) is 7.80. The third kappa shape index (κ3) is 6.01. The van der Waals surface area contributed by atoms with Crippen LogP contribution in [-0.2, 0) is 16.1 Å². The van der Waals surface area contributed by atoms with Crippen molar-refractivity contribution in [1.29, 1.82) is 0 Å². The summed E-state index contributed by atoms with van der Waals surface area (Å²) in [5.41, 5.74) is 2.44. The van der Waals surface area contributed by atoms with Gasteiger partial charge in [-0.05, 0) is 50.1 Å². The van der Waals surface area contributed by atoms with E-state index in [0.717, 1.165) is 50.5 Å². The molecule has 3 aromatic rings. The van der Waals surface area contributed by atoms with E-state index in [1.165, 1.54) is 11.8 Å². The third-order valence-electron chi connectivity index (χ3n) is 5.72. The van der Waals surface area contributed by atoms with E-state index in [4.69, 9.17) is 9.72 Å². The van der Waals surface area contributed by atoms with Crippen molar-refractivity contribution in [2.45, 2.75) is 37.2 Å². The summed E-state index contributed by atoms with van der Waals surface area (Å²) in [5, 5.41) is 3.73. The number of para-hydroxylation sites is 1. The number of hydrogen-bond donors (Lipinski definition) is 1. The van der Waals surface area contributed by atoms with Gasteiger partial charge in [-0.25, -0.2) is 4.98 Å². The minimum Gasteiger partial charge on any atom is -0.379 e. The van der Waals surface area contributed by atoms with Gasteiger partial charge in [-0.15, -0.1) is 0 Å². The normalized spacial score (nSPS) is 15.5. The van der Waals surface area contributed by atoms with Crippen LogP contribution < -0.4 is 10.9 Å². The van der Waals surface area contributed by atoms with E-state index in [1.54, 1.807) is 4.57 Å². The van der Waals surface area contributed by atoms with Gasteiger partial charge < -0.3 is 10.1 Å². The van der Waals surface area contributed by atoms with Gasteiger partial charge in [0.15, 0.2) is 5.16 Å². The number of nitrogens with one attached hydrogen (secondary N) is 1. The summed E-state index contributed by atoms with van der Waals surface area (Å²) in [6, 6.07) is 15.1. The molecule has 1 aliphatic rings. The minimum atomic E-state index is -0.413. The number of morpholine rings is 1. The summed E-state index contributed by atoms with van der Waals surface area (Å²) in [7, 11) is 0. The largest absolute Gasteiger partial charge is 0.379 e. The highest BCUT2D eigenvalue weighted by Gasteiger charge is 2.20. The van der Waals surface area contributed by atoms with E-state index in [0.29, 0.717) is 22.6 Å². The molecular weight excluding hydrogens is 436 g/mol. The van der Waals surface area contributed by atoms with E-state index < -0.39 is 5.25 Å². The van der Waals surface area contributed by atoms with E-state index in [1.807, 2.05) is 62.4 Å². The number of thioether (sulfide) groups is 1. The first kappa shape index (κ1) is 23.5. The quantitative estimate of drug-likeness (QED) is 0.404.